The fourth-order valence-electron chi connectivity index (χ4n) is 1.37. The molecule has 0 saturated heterocycles. The molecule has 1 rings (SSSR count). The average molecular weight is 292 g/mol. The van der Waals surface area contributed by atoms with E-state index in [2.05, 4.69) is 9.71 Å². The highest BCUT2D eigenvalue weighted by atomic mass is 32.2. The van der Waals surface area contributed by atoms with Crippen LogP contribution in [-0.2, 0) is 10.2 Å². The normalized spacial score (nSPS) is 14.1. The summed E-state index contributed by atoms with van der Waals surface area (Å²) in [5.41, 5.74) is 6.27. The second kappa shape index (κ2) is 6.58. The summed E-state index contributed by atoms with van der Waals surface area (Å²) in [6, 6.07) is -0.325. The van der Waals surface area contributed by atoms with E-state index >= 15 is 0 Å². The third-order valence-electron chi connectivity index (χ3n) is 2.42. The van der Waals surface area contributed by atoms with Crippen molar-refractivity contribution in [1.82, 2.24) is 14.0 Å². The van der Waals surface area contributed by atoms with Crippen LogP contribution in [0, 0.1) is 6.92 Å². The molecule has 0 aliphatic carbocycles. The number of nitrogens with two attached hydrogens (primary N) is 1. The van der Waals surface area contributed by atoms with Crippen molar-refractivity contribution in [3.05, 3.63) is 16.1 Å². The highest BCUT2D eigenvalue weighted by molar-refractivity contribution is 7.87. The van der Waals surface area contributed by atoms with E-state index in [0.717, 1.165) is 10.7 Å². The second-order valence-electron chi connectivity index (χ2n) is 4.14. The summed E-state index contributed by atoms with van der Waals surface area (Å²) in [4.78, 5) is 4.27. The molecule has 0 amide bonds. The van der Waals surface area contributed by atoms with Crippen LogP contribution in [0.3, 0.4) is 0 Å². The quantitative estimate of drug-likeness (QED) is 0.771. The Kier molecular flexibility index (Phi) is 5.67. The molecule has 0 radical (unpaired) electrons. The van der Waals surface area contributed by atoms with E-state index in [-0.39, 0.29) is 6.04 Å². The summed E-state index contributed by atoms with van der Waals surface area (Å²) in [6.45, 7) is 4.55. The molecule has 0 saturated carbocycles. The predicted molar refractivity (Wildman–Crippen MR) is 73.6 cm³/mol. The van der Waals surface area contributed by atoms with E-state index in [9.17, 15) is 8.42 Å². The molecule has 0 fully saturated rings. The van der Waals surface area contributed by atoms with Crippen molar-refractivity contribution >= 4 is 21.5 Å². The van der Waals surface area contributed by atoms with Gasteiger partial charge in [-0.1, -0.05) is 0 Å². The van der Waals surface area contributed by atoms with Gasteiger partial charge in [-0.3, -0.25) is 0 Å². The summed E-state index contributed by atoms with van der Waals surface area (Å²) in [5.74, 6) is 0. The molecule has 6 nitrogen and oxygen atoms in total. The van der Waals surface area contributed by atoms with Crippen LogP contribution in [0.2, 0.25) is 0 Å². The molecule has 8 heteroatoms. The Hall–Kier alpha value is -0.540. The van der Waals surface area contributed by atoms with Gasteiger partial charge in [0.05, 0.1) is 6.04 Å². The van der Waals surface area contributed by atoms with Gasteiger partial charge in [0.1, 0.15) is 5.01 Å². The van der Waals surface area contributed by atoms with E-state index in [1.807, 2.05) is 12.3 Å². The van der Waals surface area contributed by atoms with Gasteiger partial charge in [0.15, 0.2) is 0 Å². The van der Waals surface area contributed by atoms with Crippen molar-refractivity contribution in [2.75, 3.05) is 20.1 Å². The van der Waals surface area contributed by atoms with Crippen molar-refractivity contribution in [3.63, 3.8) is 0 Å². The standard InChI is InChI=1S/C10H20N4O2S2/c1-8-7-17-10(12-8)9(2)13-18(15,16)14(3)6-4-5-11/h7,9,13H,4-6,11H2,1-3H3. The second-order valence-corrected chi connectivity index (χ2v) is 6.83. The lowest BCUT2D eigenvalue weighted by Crippen LogP contribution is -2.40. The van der Waals surface area contributed by atoms with Crippen LogP contribution < -0.4 is 10.5 Å². The highest BCUT2D eigenvalue weighted by Gasteiger charge is 2.21. The molecule has 0 bridgehead atoms. The molecular formula is C10H20N4O2S2. The van der Waals surface area contributed by atoms with Crippen molar-refractivity contribution in [1.29, 1.82) is 0 Å². The molecule has 1 aromatic rings. The number of nitrogens with zero attached hydrogens (tertiary/aromatic N) is 2. The van der Waals surface area contributed by atoms with E-state index < -0.39 is 10.2 Å². The van der Waals surface area contributed by atoms with Gasteiger partial charge in [-0.25, -0.2) is 4.98 Å². The van der Waals surface area contributed by atoms with Crippen LogP contribution in [0.15, 0.2) is 5.38 Å². The minimum atomic E-state index is -3.48. The molecule has 1 aromatic heterocycles. The molecular weight excluding hydrogens is 272 g/mol. The van der Waals surface area contributed by atoms with Crippen LogP contribution in [0.5, 0.6) is 0 Å². The monoisotopic (exact) mass is 292 g/mol. The van der Waals surface area contributed by atoms with Gasteiger partial charge in [-0.15, -0.1) is 11.3 Å². The van der Waals surface area contributed by atoms with Crippen LogP contribution in [-0.4, -0.2) is 37.8 Å². The van der Waals surface area contributed by atoms with Crippen molar-refractivity contribution in [2.45, 2.75) is 26.3 Å². The predicted octanol–water partition coefficient (Wildman–Crippen LogP) is 0.628. The first kappa shape index (κ1) is 15.5. The van der Waals surface area contributed by atoms with Gasteiger partial charge >= 0.3 is 0 Å². The summed E-state index contributed by atoms with van der Waals surface area (Å²) >= 11 is 1.45. The largest absolute Gasteiger partial charge is 0.330 e. The molecule has 1 heterocycles. The molecule has 0 spiro atoms. The SMILES string of the molecule is Cc1csc(C(C)NS(=O)(=O)N(C)CCCN)n1. The number of hydrogen-bond donors (Lipinski definition) is 2. The number of rotatable bonds is 7. The van der Waals surface area contributed by atoms with E-state index in [1.165, 1.54) is 22.7 Å². The summed E-state index contributed by atoms with van der Waals surface area (Å²) in [7, 11) is -1.94. The van der Waals surface area contributed by atoms with Crippen molar-refractivity contribution < 1.29 is 8.42 Å². The van der Waals surface area contributed by atoms with Crippen LogP contribution >= 0.6 is 11.3 Å². The van der Waals surface area contributed by atoms with E-state index in [4.69, 9.17) is 5.73 Å². The average Bonchev–Trinajstić information content (AvgIpc) is 2.72. The van der Waals surface area contributed by atoms with Gasteiger partial charge in [0.2, 0.25) is 0 Å². The first-order valence-corrected chi connectivity index (χ1v) is 8.04. The van der Waals surface area contributed by atoms with Crippen molar-refractivity contribution in [2.24, 2.45) is 5.73 Å². The lowest BCUT2D eigenvalue weighted by molar-refractivity contribution is 0.446. The molecule has 3 N–H and O–H groups in total. The van der Waals surface area contributed by atoms with Crippen LogP contribution in [0.1, 0.15) is 30.1 Å². The maximum absolute atomic E-state index is 12.0. The van der Waals surface area contributed by atoms with E-state index in [0.29, 0.717) is 19.5 Å². The molecule has 0 aliphatic rings. The number of aromatic nitrogens is 1. The molecule has 0 aromatic carbocycles. The van der Waals surface area contributed by atoms with Crippen LogP contribution in [0.25, 0.3) is 0 Å². The first-order valence-electron chi connectivity index (χ1n) is 5.72. The molecule has 1 unspecified atom stereocenters. The summed E-state index contributed by atoms with van der Waals surface area (Å²) < 4.78 is 27.8. The van der Waals surface area contributed by atoms with Gasteiger partial charge in [-0.05, 0) is 26.8 Å². The molecule has 1 atom stereocenters. The molecule has 18 heavy (non-hydrogen) atoms. The topological polar surface area (TPSA) is 88.3 Å². The molecule has 0 aliphatic heterocycles. The summed E-state index contributed by atoms with van der Waals surface area (Å²) in [6.07, 6.45) is 0.641. The zero-order valence-electron chi connectivity index (χ0n) is 10.9. The number of thiazole rings is 1. The Morgan fingerprint density at radius 3 is 2.78 bits per heavy atom. The Morgan fingerprint density at radius 1 is 1.61 bits per heavy atom. The highest BCUT2D eigenvalue weighted by Crippen LogP contribution is 2.18. The van der Waals surface area contributed by atoms with Crippen molar-refractivity contribution in [3.8, 4) is 0 Å². The minimum absolute atomic E-state index is 0.325. The lowest BCUT2D eigenvalue weighted by atomic mass is 10.4. The van der Waals surface area contributed by atoms with Gasteiger partial charge < -0.3 is 5.73 Å². The zero-order valence-corrected chi connectivity index (χ0v) is 12.5. The maximum atomic E-state index is 12.0. The van der Waals surface area contributed by atoms with Crippen LogP contribution in [0.4, 0.5) is 0 Å². The minimum Gasteiger partial charge on any atom is -0.330 e. The fraction of sp³-hybridized carbons (Fsp3) is 0.700. The number of aryl methyl sites for hydroxylation is 1. The van der Waals surface area contributed by atoms with E-state index in [1.54, 1.807) is 6.92 Å². The van der Waals surface area contributed by atoms with Gasteiger partial charge in [0, 0.05) is 24.7 Å². The zero-order chi connectivity index (χ0) is 13.8. The van der Waals surface area contributed by atoms with Gasteiger partial charge in [0.25, 0.3) is 10.2 Å². The summed E-state index contributed by atoms with van der Waals surface area (Å²) in [5, 5.41) is 2.67. The maximum Gasteiger partial charge on any atom is 0.279 e. The fourth-order valence-corrected chi connectivity index (χ4v) is 3.36. The van der Waals surface area contributed by atoms with Gasteiger partial charge in [-0.2, -0.15) is 17.4 Å². The Balaban J connectivity index is 2.65. The molecule has 104 valence electrons. The Labute approximate surface area is 112 Å². The smallest absolute Gasteiger partial charge is 0.279 e. The Morgan fingerprint density at radius 2 is 2.28 bits per heavy atom. The third-order valence-corrected chi connectivity index (χ3v) is 5.22. The Bertz CT molecular complexity index is 472. The number of hydrogen-bond acceptors (Lipinski definition) is 5. The first-order chi connectivity index (χ1) is 8.36. The third kappa shape index (κ3) is 4.29. The number of nitrogens with one attached hydrogen (secondary N) is 1. The lowest BCUT2D eigenvalue weighted by Gasteiger charge is -2.19.